The van der Waals surface area contributed by atoms with E-state index in [1.54, 1.807) is 0 Å². The summed E-state index contributed by atoms with van der Waals surface area (Å²) < 4.78 is 2.38. The molecule has 7 aromatic carbocycles. The summed E-state index contributed by atoms with van der Waals surface area (Å²) in [7, 11) is 0. The van der Waals surface area contributed by atoms with Crippen molar-refractivity contribution in [1.82, 2.24) is 4.57 Å². The summed E-state index contributed by atoms with van der Waals surface area (Å²) in [5.41, 5.74) is 11.7. The Morgan fingerprint density at radius 2 is 1.16 bits per heavy atom. The van der Waals surface area contributed by atoms with Crippen LogP contribution in [-0.4, -0.2) is 4.57 Å². The lowest BCUT2D eigenvalue weighted by Gasteiger charge is -2.20. The van der Waals surface area contributed by atoms with E-state index in [0.29, 0.717) is 5.92 Å². The van der Waals surface area contributed by atoms with Crippen molar-refractivity contribution in [1.29, 1.82) is 0 Å². The van der Waals surface area contributed by atoms with Gasteiger partial charge in [0.15, 0.2) is 0 Å². The van der Waals surface area contributed by atoms with Gasteiger partial charge in [0, 0.05) is 22.4 Å². The summed E-state index contributed by atoms with van der Waals surface area (Å²) in [4.78, 5) is 0. The summed E-state index contributed by atoms with van der Waals surface area (Å²) in [5, 5.41) is 5.22. The minimum atomic E-state index is 0.355. The zero-order valence-corrected chi connectivity index (χ0v) is 25.5. The van der Waals surface area contributed by atoms with Crippen molar-refractivity contribution in [3.8, 4) is 16.8 Å². The van der Waals surface area contributed by atoms with Crippen LogP contribution in [0.2, 0.25) is 0 Å². The molecule has 0 fully saturated rings. The Bertz CT molecular complexity index is 2270. The van der Waals surface area contributed by atoms with Crippen LogP contribution in [0, 0.1) is 6.92 Å². The first-order valence-electron chi connectivity index (χ1n) is 16.0. The molecule has 1 unspecified atom stereocenters. The minimum absolute atomic E-state index is 0.355. The first-order chi connectivity index (χ1) is 22.2. The molecule has 0 N–H and O–H groups in total. The number of aryl methyl sites for hydroxylation is 2. The number of para-hydroxylation sites is 2. The predicted molar refractivity (Wildman–Crippen MR) is 192 cm³/mol. The number of nitrogens with zero attached hydrogens (tertiary/aromatic N) is 1. The lowest BCUT2D eigenvalue weighted by molar-refractivity contribution is 0.717. The van der Waals surface area contributed by atoms with Crippen LogP contribution in [0.3, 0.4) is 0 Å². The fraction of sp³-hybridized carbons (Fsp3) is 0.0909. The second-order valence-corrected chi connectivity index (χ2v) is 12.2. The molecule has 0 saturated carbocycles. The van der Waals surface area contributed by atoms with Crippen LogP contribution in [-0.2, 0) is 6.42 Å². The molecule has 0 aliphatic rings. The lowest BCUT2D eigenvalue weighted by atomic mass is 9.84. The Kier molecular flexibility index (Phi) is 7.00. The molecule has 0 amide bonds. The van der Waals surface area contributed by atoms with Gasteiger partial charge >= 0.3 is 0 Å². The zero-order valence-electron chi connectivity index (χ0n) is 25.5. The summed E-state index contributed by atoms with van der Waals surface area (Å²) >= 11 is 0. The Hall–Kier alpha value is -5.40. The quantitative estimate of drug-likeness (QED) is 0.178. The van der Waals surface area contributed by atoms with Gasteiger partial charge in [-0.1, -0.05) is 139 Å². The molecule has 0 spiro atoms. The molecular formula is C44H35N. The maximum absolute atomic E-state index is 2.39. The van der Waals surface area contributed by atoms with E-state index in [4.69, 9.17) is 0 Å². The van der Waals surface area contributed by atoms with E-state index in [2.05, 4.69) is 175 Å². The molecule has 0 aliphatic carbocycles. The molecule has 0 bridgehead atoms. The highest BCUT2D eigenvalue weighted by Gasteiger charge is 2.17. The first kappa shape index (κ1) is 27.2. The summed E-state index contributed by atoms with van der Waals surface area (Å²) in [6.07, 6.45) is 2.07. The van der Waals surface area contributed by atoms with Gasteiger partial charge in [0.1, 0.15) is 0 Å². The van der Waals surface area contributed by atoms with Crippen LogP contribution in [0.5, 0.6) is 0 Å². The molecule has 216 valence electrons. The standard InChI is InChI=1S/C44H35N/c1-31-13-12-16-34(29-31)37(32-14-4-2-5-15-32)26-23-33-24-27-39(40-20-9-8-19-38(33)40)35-25-28-44-42(30-35)41-21-10-11-22-43(41)45(44)36-17-6-3-7-18-36/h2-22,24-25,27-30,37H,23,26H2,1H3. The molecule has 45 heavy (non-hydrogen) atoms. The second kappa shape index (κ2) is 11.6. The maximum atomic E-state index is 2.39. The van der Waals surface area contributed by atoms with E-state index in [-0.39, 0.29) is 0 Å². The smallest absolute Gasteiger partial charge is 0.0541 e. The average Bonchev–Trinajstić information content (AvgIpc) is 3.43. The number of fused-ring (bicyclic) bond motifs is 4. The van der Waals surface area contributed by atoms with Gasteiger partial charge in [-0.15, -0.1) is 0 Å². The zero-order chi connectivity index (χ0) is 30.2. The fourth-order valence-electron chi connectivity index (χ4n) is 7.22. The molecule has 1 heteroatoms. The predicted octanol–water partition coefficient (Wildman–Crippen LogP) is 11.7. The second-order valence-electron chi connectivity index (χ2n) is 12.2. The molecular weight excluding hydrogens is 542 g/mol. The van der Waals surface area contributed by atoms with Crippen molar-refractivity contribution in [2.24, 2.45) is 0 Å². The highest BCUT2D eigenvalue weighted by atomic mass is 15.0. The highest BCUT2D eigenvalue weighted by Crippen LogP contribution is 2.38. The molecule has 8 rings (SSSR count). The lowest BCUT2D eigenvalue weighted by Crippen LogP contribution is -2.04. The molecule has 1 aromatic heterocycles. The molecule has 0 saturated heterocycles. The van der Waals surface area contributed by atoms with Crippen LogP contribution >= 0.6 is 0 Å². The molecule has 8 aromatic rings. The van der Waals surface area contributed by atoms with Gasteiger partial charge in [0.25, 0.3) is 0 Å². The van der Waals surface area contributed by atoms with E-state index in [9.17, 15) is 0 Å². The van der Waals surface area contributed by atoms with Gasteiger partial charge in [-0.3, -0.25) is 0 Å². The Balaban J connectivity index is 1.20. The van der Waals surface area contributed by atoms with E-state index < -0.39 is 0 Å². The van der Waals surface area contributed by atoms with E-state index >= 15 is 0 Å². The van der Waals surface area contributed by atoms with Gasteiger partial charge in [-0.2, -0.15) is 0 Å². The van der Waals surface area contributed by atoms with Crippen molar-refractivity contribution in [3.63, 3.8) is 0 Å². The number of rotatable bonds is 7. The highest BCUT2D eigenvalue weighted by molar-refractivity contribution is 6.11. The summed E-state index contributed by atoms with van der Waals surface area (Å²) in [5.74, 6) is 0.355. The van der Waals surface area contributed by atoms with Crippen LogP contribution in [0.25, 0.3) is 49.4 Å². The number of benzene rings is 7. The molecule has 0 aliphatic heterocycles. The van der Waals surface area contributed by atoms with Crippen molar-refractivity contribution >= 4 is 32.6 Å². The van der Waals surface area contributed by atoms with Gasteiger partial charge in [-0.25, -0.2) is 0 Å². The maximum Gasteiger partial charge on any atom is 0.0541 e. The van der Waals surface area contributed by atoms with Crippen LogP contribution in [0.1, 0.15) is 34.6 Å². The van der Waals surface area contributed by atoms with E-state index in [0.717, 1.165) is 12.8 Å². The van der Waals surface area contributed by atoms with E-state index in [1.807, 2.05) is 0 Å². The van der Waals surface area contributed by atoms with Crippen molar-refractivity contribution < 1.29 is 0 Å². The third kappa shape index (κ3) is 5.01. The number of hydrogen-bond donors (Lipinski definition) is 0. The Labute approximate surface area is 265 Å². The van der Waals surface area contributed by atoms with Crippen molar-refractivity contribution in [2.75, 3.05) is 0 Å². The number of aromatic nitrogens is 1. The van der Waals surface area contributed by atoms with Crippen LogP contribution in [0.15, 0.2) is 164 Å². The van der Waals surface area contributed by atoms with Gasteiger partial charge in [0.2, 0.25) is 0 Å². The third-order valence-electron chi connectivity index (χ3n) is 9.36. The average molecular weight is 578 g/mol. The van der Waals surface area contributed by atoms with Crippen LogP contribution < -0.4 is 0 Å². The Morgan fingerprint density at radius 3 is 1.96 bits per heavy atom. The fourth-order valence-corrected chi connectivity index (χ4v) is 7.22. The topological polar surface area (TPSA) is 4.93 Å². The molecule has 0 radical (unpaired) electrons. The normalized spacial score (nSPS) is 12.2. The number of hydrogen-bond acceptors (Lipinski definition) is 0. The Morgan fingerprint density at radius 1 is 0.489 bits per heavy atom. The summed E-state index contributed by atoms with van der Waals surface area (Å²) in [6, 6.07) is 60.1. The van der Waals surface area contributed by atoms with Crippen molar-refractivity contribution in [3.05, 3.63) is 186 Å². The van der Waals surface area contributed by atoms with Crippen molar-refractivity contribution in [2.45, 2.75) is 25.7 Å². The van der Waals surface area contributed by atoms with Gasteiger partial charge in [0.05, 0.1) is 11.0 Å². The van der Waals surface area contributed by atoms with Gasteiger partial charge in [-0.05, 0) is 88.7 Å². The molecule has 1 heterocycles. The van der Waals surface area contributed by atoms with E-state index in [1.165, 1.54) is 71.6 Å². The monoisotopic (exact) mass is 577 g/mol. The van der Waals surface area contributed by atoms with Gasteiger partial charge < -0.3 is 4.57 Å². The third-order valence-corrected chi connectivity index (χ3v) is 9.36. The molecule has 1 atom stereocenters. The first-order valence-corrected chi connectivity index (χ1v) is 16.0. The largest absolute Gasteiger partial charge is 0.309 e. The van der Waals surface area contributed by atoms with Crippen LogP contribution in [0.4, 0.5) is 0 Å². The SMILES string of the molecule is Cc1cccc(C(CCc2ccc(-c3ccc4c(c3)c3ccccc3n4-c3ccccc3)c3ccccc23)c2ccccc2)c1. The summed E-state index contributed by atoms with van der Waals surface area (Å²) in [6.45, 7) is 2.19. The minimum Gasteiger partial charge on any atom is -0.309 e. The molecule has 1 nitrogen and oxygen atoms in total.